The van der Waals surface area contributed by atoms with E-state index < -0.39 is 0 Å². The number of hydrogen-bond donors (Lipinski definition) is 2. The highest BCUT2D eigenvalue weighted by atomic mass is 16.1. The first-order chi connectivity index (χ1) is 14.2. The lowest BCUT2D eigenvalue weighted by molar-refractivity contribution is 0.102. The maximum absolute atomic E-state index is 12.3. The Balaban J connectivity index is 1.54. The number of benzene rings is 2. The van der Waals surface area contributed by atoms with Crippen molar-refractivity contribution in [1.29, 1.82) is 0 Å². The average molecular weight is 381 g/mol. The average Bonchev–Trinajstić information content (AvgIpc) is 2.75. The molecule has 6 nitrogen and oxygen atoms in total. The van der Waals surface area contributed by atoms with E-state index in [1.807, 2.05) is 67.6 Å². The number of anilines is 3. The van der Waals surface area contributed by atoms with Gasteiger partial charge in [-0.3, -0.25) is 9.78 Å². The Labute approximate surface area is 168 Å². The van der Waals surface area contributed by atoms with Crippen LogP contribution < -0.4 is 10.6 Å². The molecule has 1 amide bonds. The quantitative estimate of drug-likeness (QED) is 0.517. The van der Waals surface area contributed by atoms with Crippen molar-refractivity contribution in [2.24, 2.45) is 0 Å². The molecule has 6 heteroatoms. The van der Waals surface area contributed by atoms with Gasteiger partial charge in [0, 0.05) is 35.4 Å². The zero-order valence-electron chi connectivity index (χ0n) is 15.8. The number of aromatic nitrogens is 3. The molecule has 0 saturated heterocycles. The van der Waals surface area contributed by atoms with Crippen LogP contribution in [-0.2, 0) is 0 Å². The zero-order valence-corrected chi connectivity index (χ0v) is 15.8. The summed E-state index contributed by atoms with van der Waals surface area (Å²) in [5.74, 6) is 1.15. The summed E-state index contributed by atoms with van der Waals surface area (Å²) in [6.45, 7) is 1.86. The van der Waals surface area contributed by atoms with Crippen molar-refractivity contribution in [3.05, 3.63) is 96.6 Å². The second kappa shape index (κ2) is 8.31. The summed E-state index contributed by atoms with van der Waals surface area (Å²) in [6, 6.07) is 22.8. The van der Waals surface area contributed by atoms with Crippen LogP contribution in [0.4, 0.5) is 17.2 Å². The summed E-state index contributed by atoms with van der Waals surface area (Å²) in [4.78, 5) is 25.3. The first kappa shape index (κ1) is 18.3. The smallest absolute Gasteiger partial charge is 0.257 e. The highest BCUT2D eigenvalue weighted by molar-refractivity contribution is 6.04. The van der Waals surface area contributed by atoms with Gasteiger partial charge in [-0.05, 0) is 37.3 Å². The summed E-state index contributed by atoms with van der Waals surface area (Å²) in [5.41, 5.74) is 3.87. The van der Waals surface area contributed by atoms with Gasteiger partial charge in [-0.2, -0.15) is 0 Å². The molecule has 0 fully saturated rings. The third kappa shape index (κ3) is 4.62. The molecule has 0 aliphatic rings. The van der Waals surface area contributed by atoms with Gasteiger partial charge in [0.2, 0.25) is 0 Å². The molecule has 0 unspecified atom stereocenters. The monoisotopic (exact) mass is 381 g/mol. The second-order valence-electron chi connectivity index (χ2n) is 6.45. The Morgan fingerprint density at radius 2 is 1.69 bits per heavy atom. The minimum absolute atomic E-state index is 0.209. The number of pyridine rings is 1. The van der Waals surface area contributed by atoms with Gasteiger partial charge in [0.25, 0.3) is 5.91 Å². The van der Waals surface area contributed by atoms with Crippen molar-refractivity contribution in [3.63, 3.8) is 0 Å². The molecule has 4 aromatic rings. The molecule has 29 heavy (non-hydrogen) atoms. The molecule has 2 aromatic heterocycles. The molecule has 0 saturated carbocycles. The van der Waals surface area contributed by atoms with Crippen LogP contribution in [0.5, 0.6) is 0 Å². The first-order valence-electron chi connectivity index (χ1n) is 9.17. The fraction of sp³-hybridized carbons (Fsp3) is 0.0435. The molecule has 142 valence electrons. The molecular formula is C23H19N5O. The van der Waals surface area contributed by atoms with Gasteiger partial charge < -0.3 is 10.6 Å². The maximum Gasteiger partial charge on any atom is 0.257 e. The number of carbonyl (C=O) groups is 1. The van der Waals surface area contributed by atoms with Crippen LogP contribution in [0.3, 0.4) is 0 Å². The van der Waals surface area contributed by atoms with Gasteiger partial charge in [-0.25, -0.2) is 9.97 Å². The van der Waals surface area contributed by atoms with Crippen molar-refractivity contribution >= 4 is 23.1 Å². The van der Waals surface area contributed by atoms with Crippen LogP contribution in [0.2, 0.25) is 0 Å². The van der Waals surface area contributed by atoms with Gasteiger partial charge in [-0.1, -0.05) is 36.4 Å². The molecule has 0 spiro atoms. The van der Waals surface area contributed by atoms with Gasteiger partial charge in [0.1, 0.15) is 11.6 Å². The van der Waals surface area contributed by atoms with Gasteiger partial charge in [-0.15, -0.1) is 0 Å². The maximum atomic E-state index is 12.3. The van der Waals surface area contributed by atoms with E-state index in [2.05, 4.69) is 25.6 Å². The Morgan fingerprint density at radius 3 is 2.48 bits per heavy atom. The van der Waals surface area contributed by atoms with Gasteiger partial charge >= 0.3 is 0 Å². The lowest BCUT2D eigenvalue weighted by Crippen LogP contribution is -2.12. The minimum Gasteiger partial charge on any atom is -0.340 e. The lowest BCUT2D eigenvalue weighted by atomic mass is 10.1. The molecule has 0 atom stereocenters. The second-order valence-corrected chi connectivity index (χ2v) is 6.45. The molecule has 0 radical (unpaired) electrons. The van der Waals surface area contributed by atoms with Crippen LogP contribution in [0, 0.1) is 6.92 Å². The third-order valence-electron chi connectivity index (χ3n) is 4.22. The largest absolute Gasteiger partial charge is 0.340 e. The Kier molecular flexibility index (Phi) is 5.25. The van der Waals surface area contributed by atoms with Crippen LogP contribution in [-0.4, -0.2) is 20.9 Å². The zero-order chi connectivity index (χ0) is 20.1. The van der Waals surface area contributed by atoms with Crippen molar-refractivity contribution in [3.8, 4) is 11.3 Å². The SMILES string of the molecule is Cc1nc(Nc2cccc(NC(=O)c3cccnc3)c2)cc(-c2ccccc2)n1. The van der Waals surface area contributed by atoms with E-state index >= 15 is 0 Å². The van der Waals surface area contributed by atoms with E-state index in [9.17, 15) is 4.79 Å². The Hall–Kier alpha value is -4.06. The van der Waals surface area contributed by atoms with E-state index in [0.29, 0.717) is 22.9 Å². The van der Waals surface area contributed by atoms with Crippen LogP contribution >= 0.6 is 0 Å². The van der Waals surface area contributed by atoms with Crippen LogP contribution in [0.15, 0.2) is 85.2 Å². The van der Waals surface area contributed by atoms with Gasteiger partial charge in [0.15, 0.2) is 0 Å². The highest BCUT2D eigenvalue weighted by Crippen LogP contribution is 2.23. The lowest BCUT2D eigenvalue weighted by Gasteiger charge is -2.11. The molecule has 4 rings (SSSR count). The molecular weight excluding hydrogens is 362 g/mol. The van der Waals surface area contributed by atoms with E-state index in [1.54, 1.807) is 18.3 Å². The minimum atomic E-state index is -0.209. The first-order valence-corrected chi connectivity index (χ1v) is 9.17. The van der Waals surface area contributed by atoms with Crippen molar-refractivity contribution < 1.29 is 4.79 Å². The standard InChI is InChI=1S/C23H19N5O/c1-16-25-21(17-7-3-2-4-8-17)14-22(26-16)27-19-10-5-11-20(13-19)28-23(29)18-9-6-12-24-15-18/h2-15H,1H3,(H,28,29)(H,25,26,27). The summed E-state index contributed by atoms with van der Waals surface area (Å²) in [6.07, 6.45) is 3.17. The molecule has 0 aliphatic heterocycles. The number of aryl methyl sites for hydroxylation is 1. The Bertz CT molecular complexity index is 1130. The highest BCUT2D eigenvalue weighted by Gasteiger charge is 2.08. The number of carbonyl (C=O) groups excluding carboxylic acids is 1. The van der Waals surface area contributed by atoms with E-state index in [4.69, 9.17) is 0 Å². The van der Waals surface area contributed by atoms with Crippen molar-refractivity contribution in [2.45, 2.75) is 6.92 Å². The van der Waals surface area contributed by atoms with Crippen LogP contribution in [0.25, 0.3) is 11.3 Å². The molecule has 0 aliphatic carbocycles. The van der Waals surface area contributed by atoms with Crippen LogP contribution in [0.1, 0.15) is 16.2 Å². The molecule has 2 heterocycles. The van der Waals surface area contributed by atoms with Crippen molar-refractivity contribution in [2.75, 3.05) is 10.6 Å². The fourth-order valence-corrected chi connectivity index (χ4v) is 2.91. The number of nitrogens with one attached hydrogen (secondary N) is 2. The van der Waals surface area contributed by atoms with E-state index in [1.165, 1.54) is 6.20 Å². The topological polar surface area (TPSA) is 79.8 Å². The fourth-order valence-electron chi connectivity index (χ4n) is 2.91. The predicted molar refractivity (Wildman–Crippen MR) is 114 cm³/mol. The summed E-state index contributed by atoms with van der Waals surface area (Å²) < 4.78 is 0. The Morgan fingerprint density at radius 1 is 0.862 bits per heavy atom. The molecule has 0 bridgehead atoms. The van der Waals surface area contributed by atoms with Crippen molar-refractivity contribution in [1.82, 2.24) is 15.0 Å². The predicted octanol–water partition coefficient (Wildman–Crippen LogP) is 4.84. The summed E-state index contributed by atoms with van der Waals surface area (Å²) in [7, 11) is 0. The number of hydrogen-bond acceptors (Lipinski definition) is 5. The normalized spacial score (nSPS) is 10.4. The van der Waals surface area contributed by atoms with E-state index in [-0.39, 0.29) is 5.91 Å². The molecule has 2 N–H and O–H groups in total. The number of nitrogens with zero attached hydrogens (tertiary/aromatic N) is 3. The summed E-state index contributed by atoms with van der Waals surface area (Å²) in [5, 5.41) is 6.17. The summed E-state index contributed by atoms with van der Waals surface area (Å²) >= 11 is 0. The number of amides is 1. The van der Waals surface area contributed by atoms with E-state index in [0.717, 1.165) is 16.9 Å². The number of rotatable bonds is 5. The van der Waals surface area contributed by atoms with Gasteiger partial charge in [0.05, 0.1) is 11.3 Å². The molecule has 2 aromatic carbocycles. The third-order valence-corrected chi connectivity index (χ3v) is 4.22.